The van der Waals surface area contributed by atoms with Crippen molar-refractivity contribution in [2.45, 2.75) is 37.8 Å². The molecule has 194 valence electrons. The first-order valence-corrected chi connectivity index (χ1v) is 13.1. The first-order valence-electron chi connectivity index (χ1n) is 11.7. The fourth-order valence-corrected chi connectivity index (χ4v) is 5.71. The number of hydrogen-bond donors (Lipinski definition) is 0. The number of nitrogens with zero attached hydrogens (tertiary/aromatic N) is 5. The van der Waals surface area contributed by atoms with Crippen LogP contribution in [0.4, 0.5) is 13.2 Å². The van der Waals surface area contributed by atoms with E-state index in [0.29, 0.717) is 40.7 Å². The maximum Gasteiger partial charge on any atom is 0.387 e. The van der Waals surface area contributed by atoms with Gasteiger partial charge in [0.2, 0.25) is 10.0 Å². The molecule has 0 aliphatic carbocycles. The SMILES string of the molecule is CCCn1cc(S(=O)(=O)N2CC=C(c3cc4cnn(-c5ccc(F)cc5)c4cc3OC(F)F)CC2)cn1. The Labute approximate surface area is 211 Å². The minimum Gasteiger partial charge on any atom is -0.434 e. The second kappa shape index (κ2) is 10.0. The molecular formula is C25H24F3N5O3S. The fourth-order valence-electron chi connectivity index (χ4n) is 4.38. The molecule has 0 N–H and O–H groups in total. The van der Waals surface area contributed by atoms with Gasteiger partial charge in [0.05, 0.1) is 23.6 Å². The number of rotatable bonds is 8. The number of alkyl halides is 2. The number of hydrogen-bond acceptors (Lipinski definition) is 5. The van der Waals surface area contributed by atoms with Gasteiger partial charge in [0.25, 0.3) is 0 Å². The molecule has 0 spiro atoms. The van der Waals surface area contributed by atoms with E-state index >= 15 is 0 Å². The summed E-state index contributed by atoms with van der Waals surface area (Å²) in [6, 6.07) is 8.82. The molecule has 12 heteroatoms. The van der Waals surface area contributed by atoms with Crippen molar-refractivity contribution in [2.75, 3.05) is 13.1 Å². The van der Waals surface area contributed by atoms with Gasteiger partial charge in [-0.3, -0.25) is 4.68 Å². The molecule has 8 nitrogen and oxygen atoms in total. The highest BCUT2D eigenvalue weighted by molar-refractivity contribution is 7.89. The molecule has 1 aliphatic rings. The highest BCUT2D eigenvalue weighted by Crippen LogP contribution is 2.36. The molecule has 0 atom stereocenters. The molecule has 0 unspecified atom stereocenters. The molecule has 4 aromatic rings. The van der Waals surface area contributed by atoms with E-state index in [1.54, 1.807) is 23.0 Å². The van der Waals surface area contributed by atoms with E-state index in [4.69, 9.17) is 4.74 Å². The topological polar surface area (TPSA) is 82.2 Å². The van der Waals surface area contributed by atoms with Gasteiger partial charge in [-0.05, 0) is 48.7 Å². The molecule has 5 rings (SSSR count). The van der Waals surface area contributed by atoms with Crippen LogP contribution >= 0.6 is 0 Å². The number of halogens is 3. The van der Waals surface area contributed by atoms with Crippen molar-refractivity contribution in [3.8, 4) is 11.4 Å². The predicted molar refractivity (Wildman–Crippen MR) is 132 cm³/mol. The summed E-state index contributed by atoms with van der Waals surface area (Å²) in [6.45, 7) is -0.207. The molecule has 2 aromatic carbocycles. The van der Waals surface area contributed by atoms with Gasteiger partial charge in [0, 0.05) is 42.8 Å². The number of aryl methyl sites for hydroxylation is 1. The number of fused-ring (bicyclic) bond motifs is 1. The maximum atomic E-state index is 13.4. The van der Waals surface area contributed by atoms with Gasteiger partial charge < -0.3 is 4.74 Å². The molecular weight excluding hydrogens is 507 g/mol. The molecule has 1 aliphatic heterocycles. The van der Waals surface area contributed by atoms with Crippen LogP contribution in [0.3, 0.4) is 0 Å². The van der Waals surface area contributed by atoms with Crippen molar-refractivity contribution in [2.24, 2.45) is 0 Å². The standard InChI is InChI=1S/C25H24F3N5O3S/c1-2-9-31-16-21(15-29-31)37(34,35)32-10-7-17(8-11-32)22-12-18-14-30-33(20-5-3-19(26)4-6-20)23(18)13-24(22)36-25(27)28/h3-7,12-16,25H,2,8-11H2,1H3. The first-order chi connectivity index (χ1) is 17.8. The van der Waals surface area contributed by atoms with Gasteiger partial charge in [-0.2, -0.15) is 23.3 Å². The summed E-state index contributed by atoms with van der Waals surface area (Å²) in [5, 5.41) is 9.11. The third kappa shape index (κ3) is 4.98. The number of sulfonamides is 1. The molecule has 0 saturated carbocycles. The van der Waals surface area contributed by atoms with Crippen LogP contribution in [0.2, 0.25) is 0 Å². The van der Waals surface area contributed by atoms with Crippen molar-refractivity contribution in [1.82, 2.24) is 23.9 Å². The molecule has 0 fully saturated rings. The zero-order chi connectivity index (χ0) is 26.2. The lowest BCUT2D eigenvalue weighted by molar-refractivity contribution is -0.0499. The fraction of sp³-hybridized carbons (Fsp3) is 0.280. The summed E-state index contributed by atoms with van der Waals surface area (Å²) in [5.41, 5.74) is 2.21. The number of benzene rings is 2. The van der Waals surface area contributed by atoms with Crippen molar-refractivity contribution in [1.29, 1.82) is 0 Å². The van der Waals surface area contributed by atoms with Crippen molar-refractivity contribution in [3.63, 3.8) is 0 Å². The number of aromatic nitrogens is 4. The Morgan fingerprint density at radius 2 is 1.89 bits per heavy atom. The zero-order valence-corrected chi connectivity index (χ0v) is 20.7. The monoisotopic (exact) mass is 531 g/mol. The minimum atomic E-state index is -3.75. The second-order valence-corrected chi connectivity index (χ2v) is 10.5. The Morgan fingerprint density at radius 3 is 2.57 bits per heavy atom. The van der Waals surface area contributed by atoms with E-state index < -0.39 is 22.5 Å². The van der Waals surface area contributed by atoms with Gasteiger partial charge in [-0.15, -0.1) is 0 Å². The van der Waals surface area contributed by atoms with Crippen LogP contribution in [0.25, 0.3) is 22.2 Å². The Hall–Kier alpha value is -3.64. The Balaban J connectivity index is 1.46. The molecule has 0 radical (unpaired) electrons. The average molecular weight is 532 g/mol. The van der Waals surface area contributed by atoms with Crippen molar-refractivity contribution < 1.29 is 26.3 Å². The molecule has 0 bridgehead atoms. The lowest BCUT2D eigenvalue weighted by atomic mass is 9.98. The molecule has 0 saturated heterocycles. The van der Waals surface area contributed by atoms with E-state index in [-0.39, 0.29) is 23.7 Å². The van der Waals surface area contributed by atoms with Gasteiger partial charge in [-0.25, -0.2) is 17.5 Å². The van der Waals surface area contributed by atoms with Crippen molar-refractivity contribution in [3.05, 3.63) is 72.4 Å². The van der Waals surface area contributed by atoms with Crippen LogP contribution < -0.4 is 4.74 Å². The normalized spacial score (nSPS) is 14.9. The maximum absolute atomic E-state index is 13.4. The third-order valence-electron chi connectivity index (χ3n) is 6.17. The quantitative estimate of drug-likeness (QED) is 0.325. The Kier molecular flexibility index (Phi) is 6.78. The van der Waals surface area contributed by atoms with Crippen LogP contribution in [0.5, 0.6) is 5.75 Å². The summed E-state index contributed by atoms with van der Waals surface area (Å²) in [4.78, 5) is 0.120. The van der Waals surface area contributed by atoms with E-state index in [1.807, 2.05) is 6.92 Å². The van der Waals surface area contributed by atoms with Gasteiger partial charge in [0.15, 0.2) is 0 Å². The van der Waals surface area contributed by atoms with Crippen LogP contribution in [0, 0.1) is 5.82 Å². The van der Waals surface area contributed by atoms with Crippen LogP contribution in [-0.4, -0.2) is 52.0 Å². The lowest BCUT2D eigenvalue weighted by Gasteiger charge is -2.26. The summed E-state index contributed by atoms with van der Waals surface area (Å²) in [6.07, 6.45) is 7.28. The molecule has 3 heterocycles. The first kappa shape index (κ1) is 25.0. The van der Waals surface area contributed by atoms with Gasteiger partial charge >= 0.3 is 6.61 Å². The van der Waals surface area contributed by atoms with E-state index in [2.05, 4.69) is 10.2 Å². The summed E-state index contributed by atoms with van der Waals surface area (Å²) in [7, 11) is -3.75. The van der Waals surface area contributed by atoms with E-state index in [0.717, 1.165) is 6.42 Å². The van der Waals surface area contributed by atoms with E-state index in [9.17, 15) is 21.6 Å². The third-order valence-corrected chi connectivity index (χ3v) is 7.99. The highest BCUT2D eigenvalue weighted by Gasteiger charge is 2.29. The van der Waals surface area contributed by atoms with Crippen LogP contribution in [0.1, 0.15) is 25.3 Å². The van der Waals surface area contributed by atoms with Gasteiger partial charge in [-0.1, -0.05) is 13.0 Å². The lowest BCUT2D eigenvalue weighted by Crippen LogP contribution is -2.34. The Morgan fingerprint density at radius 1 is 1.11 bits per heavy atom. The van der Waals surface area contributed by atoms with Crippen LogP contribution in [-0.2, 0) is 16.6 Å². The van der Waals surface area contributed by atoms with Gasteiger partial charge in [0.1, 0.15) is 16.5 Å². The minimum absolute atomic E-state index is 0.0465. The molecule has 37 heavy (non-hydrogen) atoms. The smallest absolute Gasteiger partial charge is 0.387 e. The summed E-state index contributed by atoms with van der Waals surface area (Å²) in [5.74, 6) is -0.450. The van der Waals surface area contributed by atoms with E-state index in [1.165, 1.54) is 51.7 Å². The number of ether oxygens (including phenoxy) is 1. The summed E-state index contributed by atoms with van der Waals surface area (Å²) < 4.78 is 75.5. The molecule has 0 amide bonds. The zero-order valence-electron chi connectivity index (χ0n) is 19.9. The largest absolute Gasteiger partial charge is 0.434 e. The van der Waals surface area contributed by atoms with Crippen LogP contribution in [0.15, 0.2) is 66.0 Å². The molecule has 2 aromatic heterocycles. The highest BCUT2D eigenvalue weighted by atomic mass is 32.2. The Bertz CT molecular complexity index is 1560. The predicted octanol–water partition coefficient (Wildman–Crippen LogP) is 4.85. The average Bonchev–Trinajstić information content (AvgIpc) is 3.52. The van der Waals surface area contributed by atoms with Crippen molar-refractivity contribution >= 4 is 26.5 Å². The second-order valence-electron chi connectivity index (χ2n) is 8.60. The summed E-state index contributed by atoms with van der Waals surface area (Å²) >= 11 is 0.